The van der Waals surface area contributed by atoms with Gasteiger partial charge in [0.1, 0.15) is 0 Å². The molecule has 2 atom stereocenters. The molecule has 25 heavy (non-hydrogen) atoms. The number of carbonyl (C=O) groups excluding carboxylic acids is 1. The molecule has 0 radical (unpaired) electrons. The fourth-order valence-corrected chi connectivity index (χ4v) is 3.53. The van der Waals surface area contributed by atoms with Crippen LogP contribution in [-0.4, -0.2) is 69.0 Å². The molecule has 0 bridgehead atoms. The molecule has 2 heterocycles. The van der Waals surface area contributed by atoms with E-state index in [1.807, 2.05) is 12.1 Å². The first-order valence-electron chi connectivity index (χ1n) is 9.20. The van der Waals surface area contributed by atoms with Gasteiger partial charge >= 0.3 is 0 Å². The number of ether oxygens (including phenoxy) is 2. The molecular formula is C19H29N3O3. The zero-order valence-corrected chi connectivity index (χ0v) is 15.2. The highest BCUT2D eigenvalue weighted by molar-refractivity contribution is 5.91. The molecule has 1 N–H and O–H groups in total. The van der Waals surface area contributed by atoms with Gasteiger partial charge in [0.05, 0.1) is 25.4 Å². The van der Waals surface area contributed by atoms with Gasteiger partial charge < -0.3 is 19.7 Å². The largest absolute Gasteiger partial charge is 0.378 e. The lowest BCUT2D eigenvalue weighted by Crippen LogP contribution is -2.46. The smallest absolute Gasteiger partial charge is 0.225 e. The monoisotopic (exact) mass is 347 g/mol. The Morgan fingerprint density at radius 1 is 1.12 bits per heavy atom. The summed E-state index contributed by atoms with van der Waals surface area (Å²) < 4.78 is 11.1. The van der Waals surface area contributed by atoms with Gasteiger partial charge in [0.2, 0.25) is 5.91 Å². The van der Waals surface area contributed by atoms with Crippen molar-refractivity contribution in [3.8, 4) is 0 Å². The van der Waals surface area contributed by atoms with Crippen LogP contribution in [0.3, 0.4) is 0 Å². The van der Waals surface area contributed by atoms with E-state index in [1.165, 1.54) is 5.69 Å². The quantitative estimate of drug-likeness (QED) is 0.882. The molecule has 2 aliphatic rings. The van der Waals surface area contributed by atoms with Crippen LogP contribution in [0.25, 0.3) is 0 Å². The Bertz CT molecular complexity index is 548. The van der Waals surface area contributed by atoms with Gasteiger partial charge in [-0.2, -0.15) is 0 Å². The number of benzene rings is 1. The van der Waals surface area contributed by atoms with Gasteiger partial charge in [0.15, 0.2) is 0 Å². The molecule has 3 rings (SSSR count). The second kappa shape index (κ2) is 8.65. The molecule has 1 aromatic carbocycles. The average molecular weight is 347 g/mol. The van der Waals surface area contributed by atoms with Crippen LogP contribution in [0.5, 0.6) is 0 Å². The summed E-state index contributed by atoms with van der Waals surface area (Å²) in [5.74, 6) is 0.0610. The first-order chi connectivity index (χ1) is 12.1. The van der Waals surface area contributed by atoms with Crippen molar-refractivity contribution >= 4 is 17.3 Å². The zero-order chi connectivity index (χ0) is 17.6. The molecule has 0 aromatic heterocycles. The minimum absolute atomic E-state index is 0.0610. The van der Waals surface area contributed by atoms with Crippen molar-refractivity contribution in [1.82, 2.24) is 4.90 Å². The van der Waals surface area contributed by atoms with Gasteiger partial charge in [-0.15, -0.1) is 0 Å². The van der Waals surface area contributed by atoms with E-state index < -0.39 is 0 Å². The van der Waals surface area contributed by atoms with Crippen molar-refractivity contribution < 1.29 is 14.3 Å². The SMILES string of the molecule is C[C@H]1CN(CCC(=O)Nc2ccc(N3CCOCC3)cc2)C[C@H](C)O1. The molecule has 2 aliphatic heterocycles. The highest BCUT2D eigenvalue weighted by atomic mass is 16.5. The maximum absolute atomic E-state index is 12.2. The van der Waals surface area contributed by atoms with Crippen molar-refractivity contribution in [2.75, 3.05) is 56.2 Å². The number of hydrogen-bond donors (Lipinski definition) is 1. The van der Waals surface area contributed by atoms with E-state index >= 15 is 0 Å². The molecule has 0 aliphatic carbocycles. The number of amides is 1. The summed E-state index contributed by atoms with van der Waals surface area (Å²) in [6.07, 6.45) is 0.976. The Labute approximate surface area is 150 Å². The molecule has 1 amide bonds. The zero-order valence-electron chi connectivity index (χ0n) is 15.2. The van der Waals surface area contributed by atoms with E-state index in [9.17, 15) is 4.79 Å². The van der Waals surface area contributed by atoms with E-state index in [0.29, 0.717) is 6.42 Å². The van der Waals surface area contributed by atoms with Gasteiger partial charge in [0, 0.05) is 50.5 Å². The second-order valence-electron chi connectivity index (χ2n) is 6.96. The van der Waals surface area contributed by atoms with Gasteiger partial charge in [-0.3, -0.25) is 9.69 Å². The van der Waals surface area contributed by atoms with E-state index in [2.05, 4.69) is 41.1 Å². The Hall–Kier alpha value is -1.63. The molecule has 2 fully saturated rings. The Kier molecular flexibility index (Phi) is 6.29. The lowest BCUT2D eigenvalue weighted by Gasteiger charge is -2.35. The summed E-state index contributed by atoms with van der Waals surface area (Å²) in [6.45, 7) is 10.1. The van der Waals surface area contributed by atoms with Crippen LogP contribution >= 0.6 is 0 Å². The van der Waals surface area contributed by atoms with Crippen LogP contribution in [0.1, 0.15) is 20.3 Å². The number of hydrogen-bond acceptors (Lipinski definition) is 5. The van der Waals surface area contributed by atoms with Crippen LogP contribution in [0, 0.1) is 0 Å². The molecule has 1 aromatic rings. The highest BCUT2D eigenvalue weighted by Crippen LogP contribution is 2.19. The third kappa shape index (κ3) is 5.42. The fraction of sp³-hybridized carbons (Fsp3) is 0.632. The first-order valence-corrected chi connectivity index (χ1v) is 9.20. The van der Waals surface area contributed by atoms with E-state index in [1.54, 1.807) is 0 Å². The van der Waals surface area contributed by atoms with Crippen LogP contribution in [0.2, 0.25) is 0 Å². The lowest BCUT2D eigenvalue weighted by atomic mass is 10.2. The second-order valence-corrected chi connectivity index (χ2v) is 6.96. The predicted molar refractivity (Wildman–Crippen MR) is 99.2 cm³/mol. The Balaban J connectivity index is 1.44. The molecule has 2 saturated heterocycles. The summed E-state index contributed by atoms with van der Waals surface area (Å²) in [7, 11) is 0. The normalized spacial score (nSPS) is 25.0. The summed E-state index contributed by atoms with van der Waals surface area (Å²) in [5.41, 5.74) is 2.03. The number of nitrogens with one attached hydrogen (secondary N) is 1. The van der Waals surface area contributed by atoms with Gasteiger partial charge in [0.25, 0.3) is 0 Å². The summed E-state index contributed by atoms with van der Waals surface area (Å²) >= 11 is 0. The Morgan fingerprint density at radius 3 is 2.40 bits per heavy atom. The molecule has 138 valence electrons. The number of carbonyl (C=O) groups is 1. The lowest BCUT2D eigenvalue weighted by molar-refractivity contribution is -0.117. The number of morpholine rings is 2. The van der Waals surface area contributed by atoms with Gasteiger partial charge in [-0.05, 0) is 38.1 Å². The fourth-order valence-electron chi connectivity index (χ4n) is 3.53. The Morgan fingerprint density at radius 2 is 1.76 bits per heavy atom. The summed E-state index contributed by atoms with van der Waals surface area (Å²) in [5, 5.41) is 2.99. The molecule has 0 saturated carbocycles. The third-order valence-electron chi connectivity index (χ3n) is 4.68. The third-order valence-corrected chi connectivity index (χ3v) is 4.68. The number of rotatable bonds is 5. The van der Waals surface area contributed by atoms with E-state index in [4.69, 9.17) is 9.47 Å². The average Bonchev–Trinajstić information content (AvgIpc) is 2.61. The number of nitrogens with zero attached hydrogens (tertiary/aromatic N) is 2. The summed E-state index contributed by atoms with van der Waals surface area (Å²) in [6, 6.07) is 8.07. The van der Waals surface area contributed by atoms with E-state index in [0.717, 1.165) is 51.6 Å². The van der Waals surface area contributed by atoms with Crippen LogP contribution < -0.4 is 10.2 Å². The van der Waals surface area contributed by atoms with Crippen molar-refractivity contribution in [3.63, 3.8) is 0 Å². The molecule has 0 spiro atoms. The molecule has 6 heteroatoms. The minimum atomic E-state index is 0.0610. The van der Waals surface area contributed by atoms with E-state index in [-0.39, 0.29) is 18.1 Å². The van der Waals surface area contributed by atoms with Crippen LogP contribution in [0.4, 0.5) is 11.4 Å². The van der Waals surface area contributed by atoms with Crippen LogP contribution in [0.15, 0.2) is 24.3 Å². The molecule has 0 unspecified atom stereocenters. The van der Waals surface area contributed by atoms with Crippen molar-refractivity contribution in [1.29, 1.82) is 0 Å². The van der Waals surface area contributed by atoms with Crippen LogP contribution in [-0.2, 0) is 14.3 Å². The van der Waals surface area contributed by atoms with Crippen molar-refractivity contribution in [2.24, 2.45) is 0 Å². The van der Waals surface area contributed by atoms with Crippen molar-refractivity contribution in [2.45, 2.75) is 32.5 Å². The minimum Gasteiger partial charge on any atom is -0.378 e. The van der Waals surface area contributed by atoms with Gasteiger partial charge in [-0.25, -0.2) is 0 Å². The number of anilines is 2. The maximum Gasteiger partial charge on any atom is 0.225 e. The summed E-state index contributed by atoms with van der Waals surface area (Å²) in [4.78, 5) is 16.8. The molecule has 6 nitrogen and oxygen atoms in total. The standard InChI is InChI=1S/C19H29N3O3/c1-15-13-21(14-16(2)25-15)8-7-19(23)20-17-3-5-18(6-4-17)22-9-11-24-12-10-22/h3-6,15-16H,7-14H2,1-2H3,(H,20,23)/t15-,16-/m0/s1. The predicted octanol–water partition coefficient (Wildman–Crippen LogP) is 1.96. The topological polar surface area (TPSA) is 54.0 Å². The van der Waals surface area contributed by atoms with Gasteiger partial charge in [-0.1, -0.05) is 0 Å². The first kappa shape index (κ1) is 18.2. The van der Waals surface area contributed by atoms with Crippen molar-refractivity contribution in [3.05, 3.63) is 24.3 Å². The highest BCUT2D eigenvalue weighted by Gasteiger charge is 2.22. The maximum atomic E-state index is 12.2. The molecular weight excluding hydrogens is 318 g/mol.